The third kappa shape index (κ3) is 2.91. The van der Waals surface area contributed by atoms with Gasteiger partial charge in [0.15, 0.2) is 0 Å². The maximum absolute atomic E-state index is 12.0. The Morgan fingerprint density at radius 2 is 1.89 bits per heavy atom. The third-order valence-electron chi connectivity index (χ3n) is 3.45. The smallest absolute Gasteiger partial charge is 0.242 e. The second-order valence-electron chi connectivity index (χ2n) is 5.03. The van der Waals surface area contributed by atoms with E-state index in [-0.39, 0.29) is 0 Å². The second kappa shape index (κ2) is 5.48. The van der Waals surface area contributed by atoms with Gasteiger partial charge in [0.25, 0.3) is 0 Å². The van der Waals surface area contributed by atoms with Gasteiger partial charge in [-0.1, -0.05) is 0 Å². The molecule has 1 heterocycles. The minimum absolute atomic E-state index is 0.337. The Morgan fingerprint density at radius 3 is 2.42 bits per heavy atom. The largest absolute Gasteiger partial charge is 0.366 e. The van der Waals surface area contributed by atoms with Crippen LogP contribution in [0.25, 0.3) is 0 Å². The molecule has 1 aliphatic rings. The van der Waals surface area contributed by atoms with E-state index >= 15 is 0 Å². The molecule has 0 radical (unpaired) electrons. The van der Waals surface area contributed by atoms with Crippen LogP contribution in [-0.2, 0) is 10.0 Å². The van der Waals surface area contributed by atoms with Crippen LogP contribution in [0.4, 0.5) is 5.69 Å². The highest BCUT2D eigenvalue weighted by Gasteiger charge is 2.20. The van der Waals surface area contributed by atoms with E-state index in [1.165, 1.54) is 4.31 Å². The van der Waals surface area contributed by atoms with Gasteiger partial charge in [-0.05, 0) is 31.2 Å². The summed E-state index contributed by atoms with van der Waals surface area (Å²) in [5, 5.41) is 3.34. The minimum atomic E-state index is -3.34. The van der Waals surface area contributed by atoms with Gasteiger partial charge in [0.2, 0.25) is 10.0 Å². The monoisotopic (exact) mass is 283 g/mol. The van der Waals surface area contributed by atoms with E-state index in [0.29, 0.717) is 10.9 Å². The Bertz CT molecular complexity index is 525. The number of sulfonamides is 1. The first-order valence-corrected chi connectivity index (χ1v) is 7.87. The number of benzene rings is 1. The standard InChI is InChI=1S/C13H21N3O2S/c1-11-10-14-8-9-16(11)12-4-6-13(7-5-12)19(17,18)15(2)3/h4-7,11,14H,8-10H2,1-3H3. The summed E-state index contributed by atoms with van der Waals surface area (Å²) in [7, 11) is -0.249. The average molecular weight is 283 g/mol. The summed E-state index contributed by atoms with van der Waals surface area (Å²) in [4.78, 5) is 2.63. The molecule has 1 N–H and O–H groups in total. The fourth-order valence-corrected chi connectivity index (χ4v) is 3.15. The van der Waals surface area contributed by atoms with Crippen molar-refractivity contribution >= 4 is 15.7 Å². The van der Waals surface area contributed by atoms with Gasteiger partial charge >= 0.3 is 0 Å². The zero-order chi connectivity index (χ0) is 14.0. The SMILES string of the molecule is CC1CNCCN1c1ccc(S(=O)(=O)N(C)C)cc1. The number of anilines is 1. The predicted molar refractivity (Wildman–Crippen MR) is 77.0 cm³/mol. The molecular formula is C13H21N3O2S. The first-order valence-electron chi connectivity index (χ1n) is 6.43. The molecule has 1 aromatic rings. The minimum Gasteiger partial charge on any atom is -0.366 e. The molecular weight excluding hydrogens is 262 g/mol. The maximum atomic E-state index is 12.0. The van der Waals surface area contributed by atoms with E-state index < -0.39 is 10.0 Å². The molecule has 19 heavy (non-hydrogen) atoms. The Balaban J connectivity index is 2.23. The van der Waals surface area contributed by atoms with E-state index in [2.05, 4.69) is 17.1 Å². The van der Waals surface area contributed by atoms with Crippen LogP contribution < -0.4 is 10.2 Å². The topological polar surface area (TPSA) is 52.7 Å². The molecule has 1 aromatic carbocycles. The number of nitrogens with one attached hydrogen (secondary N) is 1. The van der Waals surface area contributed by atoms with E-state index in [0.717, 1.165) is 25.3 Å². The van der Waals surface area contributed by atoms with Crippen molar-refractivity contribution < 1.29 is 8.42 Å². The lowest BCUT2D eigenvalue weighted by atomic mass is 10.2. The number of piperazine rings is 1. The normalized spacial score (nSPS) is 20.8. The van der Waals surface area contributed by atoms with Crippen LogP contribution in [0.2, 0.25) is 0 Å². The fraction of sp³-hybridized carbons (Fsp3) is 0.538. The average Bonchev–Trinajstić information content (AvgIpc) is 2.39. The van der Waals surface area contributed by atoms with Crippen molar-refractivity contribution in [2.24, 2.45) is 0 Å². The van der Waals surface area contributed by atoms with Crippen LogP contribution in [-0.4, -0.2) is 52.5 Å². The Morgan fingerprint density at radius 1 is 1.26 bits per heavy atom. The summed E-state index contributed by atoms with van der Waals surface area (Å²) in [6, 6.07) is 7.56. The molecule has 5 nitrogen and oxygen atoms in total. The second-order valence-corrected chi connectivity index (χ2v) is 7.18. The fourth-order valence-electron chi connectivity index (χ4n) is 2.25. The van der Waals surface area contributed by atoms with Crippen molar-refractivity contribution in [1.82, 2.24) is 9.62 Å². The Hall–Kier alpha value is -1.11. The molecule has 1 saturated heterocycles. The van der Waals surface area contributed by atoms with Crippen molar-refractivity contribution in [2.75, 3.05) is 38.6 Å². The Kier molecular flexibility index (Phi) is 4.13. The number of nitrogens with zero attached hydrogens (tertiary/aromatic N) is 2. The van der Waals surface area contributed by atoms with Crippen LogP contribution in [0.3, 0.4) is 0 Å². The highest BCUT2D eigenvalue weighted by atomic mass is 32.2. The Labute approximate surface area is 115 Å². The van der Waals surface area contributed by atoms with Crippen molar-refractivity contribution in [3.63, 3.8) is 0 Å². The molecule has 106 valence electrons. The quantitative estimate of drug-likeness (QED) is 0.889. The molecule has 0 amide bonds. The highest BCUT2D eigenvalue weighted by molar-refractivity contribution is 7.89. The van der Waals surface area contributed by atoms with Crippen LogP contribution in [0.15, 0.2) is 29.2 Å². The van der Waals surface area contributed by atoms with Crippen molar-refractivity contribution in [3.8, 4) is 0 Å². The van der Waals surface area contributed by atoms with Gasteiger partial charge in [-0.2, -0.15) is 0 Å². The van der Waals surface area contributed by atoms with Gasteiger partial charge in [-0.3, -0.25) is 0 Å². The summed E-state index contributed by atoms with van der Waals surface area (Å²) in [5.74, 6) is 0. The number of hydrogen-bond acceptors (Lipinski definition) is 4. The lowest BCUT2D eigenvalue weighted by Crippen LogP contribution is -2.49. The number of hydrogen-bond donors (Lipinski definition) is 1. The summed E-state index contributed by atoms with van der Waals surface area (Å²) in [6.07, 6.45) is 0. The molecule has 0 saturated carbocycles. The molecule has 0 aliphatic carbocycles. The molecule has 1 fully saturated rings. The predicted octanol–water partition coefficient (Wildman–Crippen LogP) is 0.735. The molecule has 6 heteroatoms. The van der Waals surface area contributed by atoms with Gasteiger partial charge in [0.05, 0.1) is 4.90 Å². The maximum Gasteiger partial charge on any atom is 0.242 e. The lowest BCUT2D eigenvalue weighted by molar-refractivity contribution is 0.500. The van der Waals surface area contributed by atoms with Crippen molar-refractivity contribution in [2.45, 2.75) is 17.9 Å². The van der Waals surface area contributed by atoms with Crippen molar-refractivity contribution in [3.05, 3.63) is 24.3 Å². The van der Waals surface area contributed by atoms with E-state index in [4.69, 9.17) is 0 Å². The molecule has 0 spiro atoms. The molecule has 1 unspecified atom stereocenters. The van der Waals surface area contributed by atoms with Crippen molar-refractivity contribution in [1.29, 1.82) is 0 Å². The molecule has 1 atom stereocenters. The van der Waals surface area contributed by atoms with Gasteiger partial charge in [0, 0.05) is 45.5 Å². The molecule has 2 rings (SSSR count). The first-order chi connectivity index (χ1) is 8.93. The van der Waals surface area contributed by atoms with Crippen LogP contribution in [0.1, 0.15) is 6.92 Å². The van der Waals surface area contributed by atoms with Gasteiger partial charge in [-0.15, -0.1) is 0 Å². The van der Waals surface area contributed by atoms with E-state index in [9.17, 15) is 8.42 Å². The highest BCUT2D eigenvalue weighted by Crippen LogP contribution is 2.21. The zero-order valence-corrected chi connectivity index (χ0v) is 12.4. The van der Waals surface area contributed by atoms with E-state index in [1.807, 2.05) is 12.1 Å². The summed E-state index contributed by atoms with van der Waals surface area (Å²) in [6.45, 7) is 5.03. The molecule has 0 aromatic heterocycles. The van der Waals surface area contributed by atoms with Gasteiger partial charge in [-0.25, -0.2) is 12.7 Å². The third-order valence-corrected chi connectivity index (χ3v) is 5.28. The summed E-state index contributed by atoms with van der Waals surface area (Å²) < 4.78 is 25.2. The zero-order valence-electron chi connectivity index (χ0n) is 11.6. The van der Waals surface area contributed by atoms with Crippen LogP contribution >= 0.6 is 0 Å². The summed E-state index contributed by atoms with van der Waals surface area (Å²) in [5.41, 5.74) is 1.08. The number of rotatable bonds is 3. The van der Waals surface area contributed by atoms with Crippen LogP contribution in [0, 0.1) is 0 Å². The molecule has 0 bridgehead atoms. The van der Waals surface area contributed by atoms with E-state index in [1.54, 1.807) is 26.2 Å². The van der Waals surface area contributed by atoms with Gasteiger partial charge in [0.1, 0.15) is 0 Å². The molecule has 1 aliphatic heterocycles. The van der Waals surface area contributed by atoms with Crippen LogP contribution in [0.5, 0.6) is 0 Å². The first kappa shape index (κ1) is 14.3. The lowest BCUT2D eigenvalue weighted by Gasteiger charge is -2.36. The summed E-state index contributed by atoms with van der Waals surface area (Å²) >= 11 is 0. The van der Waals surface area contributed by atoms with Gasteiger partial charge < -0.3 is 10.2 Å².